The van der Waals surface area contributed by atoms with Crippen LogP contribution in [0.25, 0.3) is 0 Å². The van der Waals surface area contributed by atoms with Gasteiger partial charge in [-0.3, -0.25) is 4.18 Å². The van der Waals surface area contributed by atoms with Gasteiger partial charge in [0, 0.05) is 6.92 Å². The van der Waals surface area contributed by atoms with Crippen molar-refractivity contribution in [2.24, 2.45) is 0 Å². The summed E-state index contributed by atoms with van der Waals surface area (Å²) in [6.07, 6.45) is 0. The zero-order valence-electron chi connectivity index (χ0n) is 3.47. The molecule has 0 bridgehead atoms. The Balaban J connectivity index is 0.000000250. The Morgan fingerprint density at radius 3 is 2.00 bits per heavy atom. The normalized spacial score (nSPS) is 41.0. The van der Waals surface area contributed by atoms with E-state index in [0.717, 1.165) is 12.0 Å². The van der Waals surface area contributed by atoms with E-state index in [4.69, 9.17) is 5.11 Å². The van der Waals surface area contributed by atoms with Gasteiger partial charge in [0.2, 0.25) is 5.12 Å². The first-order valence-corrected chi connectivity index (χ1v) is 2.04. The molecule has 2 radical (unpaired) electrons. The Morgan fingerprint density at radius 1 is 1.83 bits per heavy atom. The Bertz CT molecular complexity index is 49.5. The van der Waals surface area contributed by atoms with Crippen molar-refractivity contribution in [2.75, 3.05) is 0 Å². The summed E-state index contributed by atoms with van der Waals surface area (Å²) in [5.74, 6) is 0. The Labute approximate surface area is 60.6 Å². The average Bonchev–Trinajstić information content (AvgIpc) is 1.76. The van der Waals surface area contributed by atoms with Crippen LogP contribution < -0.4 is 0 Å². The number of hydrogen-bond acceptors (Lipinski definition) is 3. The Hall–Kier alpha value is 1.19. The van der Waals surface area contributed by atoms with Crippen LogP contribution in [0.2, 0.25) is 0 Å². The van der Waals surface area contributed by atoms with Crippen molar-refractivity contribution in [1.82, 2.24) is 0 Å². The van der Waals surface area contributed by atoms with Gasteiger partial charge in [-0.15, -0.1) is 0 Å². The number of hydrogen-bond donors (Lipinski definition) is 1. The molecule has 1 aliphatic heterocycles. The second-order valence-electron chi connectivity index (χ2n) is 1.06. The van der Waals surface area contributed by atoms with Crippen LogP contribution in [-0.4, -0.2) is 37.5 Å². The van der Waals surface area contributed by atoms with Crippen molar-refractivity contribution in [2.45, 2.75) is 12.0 Å². The molecule has 4 heteroatoms. The van der Waals surface area contributed by atoms with Gasteiger partial charge in [-0.1, -0.05) is 0 Å². The third-order valence-corrected chi connectivity index (χ3v) is 0.974. The Morgan fingerprint density at radius 2 is 2.00 bits per heavy atom. The minimum absolute atomic E-state index is 0. The molecule has 1 atom stereocenters. The Kier molecular flexibility index (Phi) is 2.37. The summed E-state index contributed by atoms with van der Waals surface area (Å²) in [7, 11) is 0. The van der Waals surface area contributed by atoms with E-state index in [1.54, 1.807) is 6.92 Å². The first-order chi connectivity index (χ1) is 2.21. The molecule has 0 aromatic carbocycles. The summed E-state index contributed by atoms with van der Waals surface area (Å²) < 4.78 is 4.37. The second kappa shape index (κ2) is 1.98. The molecule has 0 amide bonds. The molecular formula is C2H6O2PbS. The van der Waals surface area contributed by atoms with Gasteiger partial charge >= 0.3 is 27.3 Å². The summed E-state index contributed by atoms with van der Waals surface area (Å²) in [5.41, 5.74) is 0. The van der Waals surface area contributed by atoms with Gasteiger partial charge < -0.3 is 5.11 Å². The second-order valence-corrected chi connectivity index (χ2v) is 2.16. The van der Waals surface area contributed by atoms with Crippen molar-refractivity contribution in [3.63, 3.8) is 0 Å². The van der Waals surface area contributed by atoms with E-state index in [0.29, 0.717) is 0 Å². The van der Waals surface area contributed by atoms with Gasteiger partial charge in [0.05, 0.1) is 12.0 Å². The molecule has 0 spiro atoms. The zero-order valence-corrected chi connectivity index (χ0v) is 9.79. The minimum atomic E-state index is -0.833. The predicted octanol–water partition coefficient (Wildman–Crippen LogP) is -0.585. The fraction of sp³-hybridized carbons (Fsp3) is 1.00. The quantitative estimate of drug-likeness (QED) is 0.369. The molecule has 1 fully saturated rings. The van der Waals surface area contributed by atoms with Crippen molar-refractivity contribution in [3.8, 4) is 0 Å². The SMILES string of the molecule is CC1(O)OS1.[PbH2]. The maximum atomic E-state index is 8.37. The molecule has 1 unspecified atom stereocenters. The molecule has 1 saturated heterocycles. The van der Waals surface area contributed by atoms with Crippen LogP contribution in [0.5, 0.6) is 0 Å². The van der Waals surface area contributed by atoms with Crippen LogP contribution in [0.15, 0.2) is 0 Å². The van der Waals surface area contributed by atoms with E-state index in [-0.39, 0.29) is 27.3 Å². The van der Waals surface area contributed by atoms with Gasteiger partial charge in [0.25, 0.3) is 0 Å². The molecule has 0 aliphatic carbocycles. The summed E-state index contributed by atoms with van der Waals surface area (Å²) in [4.78, 5) is 0. The van der Waals surface area contributed by atoms with Crippen LogP contribution in [0.3, 0.4) is 0 Å². The van der Waals surface area contributed by atoms with Gasteiger partial charge in [0.15, 0.2) is 0 Å². The monoisotopic (exact) mass is 302 g/mol. The number of rotatable bonds is 0. The van der Waals surface area contributed by atoms with E-state index < -0.39 is 5.12 Å². The first-order valence-electron chi connectivity index (χ1n) is 1.30. The molecule has 1 rings (SSSR count). The number of aliphatic hydroxyl groups is 1. The molecule has 6 heavy (non-hydrogen) atoms. The summed E-state index contributed by atoms with van der Waals surface area (Å²) in [6, 6.07) is 0. The van der Waals surface area contributed by atoms with Crippen LogP contribution >= 0.6 is 12.0 Å². The average molecular weight is 301 g/mol. The van der Waals surface area contributed by atoms with Crippen LogP contribution in [0.1, 0.15) is 6.92 Å². The third kappa shape index (κ3) is 2.38. The van der Waals surface area contributed by atoms with E-state index in [9.17, 15) is 0 Å². The topological polar surface area (TPSA) is 32.8 Å². The molecule has 0 aromatic rings. The molecule has 36 valence electrons. The maximum absolute atomic E-state index is 8.37. The van der Waals surface area contributed by atoms with Crippen LogP contribution in [0, 0.1) is 0 Å². The molecule has 1 aliphatic rings. The zero-order chi connectivity index (χ0) is 3.91. The summed E-state index contributed by atoms with van der Waals surface area (Å²) in [5, 5.41) is 7.54. The summed E-state index contributed by atoms with van der Waals surface area (Å²) >= 11 is 1.08. The molecule has 1 N–H and O–H groups in total. The molecule has 0 aromatic heterocycles. The van der Waals surface area contributed by atoms with Crippen molar-refractivity contribution in [1.29, 1.82) is 0 Å². The fourth-order valence-electron chi connectivity index (χ4n) is 0.0603. The van der Waals surface area contributed by atoms with Crippen molar-refractivity contribution < 1.29 is 9.29 Å². The van der Waals surface area contributed by atoms with Crippen molar-refractivity contribution >= 4 is 39.3 Å². The van der Waals surface area contributed by atoms with Gasteiger partial charge in [0.1, 0.15) is 0 Å². The third-order valence-electron chi connectivity index (χ3n) is 0.325. The van der Waals surface area contributed by atoms with E-state index >= 15 is 0 Å². The van der Waals surface area contributed by atoms with Crippen LogP contribution in [0.4, 0.5) is 0 Å². The van der Waals surface area contributed by atoms with Gasteiger partial charge in [-0.05, 0) is 0 Å². The first kappa shape index (κ1) is 7.19. The molecule has 0 saturated carbocycles. The molecule has 1 heterocycles. The molecule has 2 nitrogen and oxygen atoms in total. The van der Waals surface area contributed by atoms with E-state index in [1.807, 2.05) is 0 Å². The summed E-state index contributed by atoms with van der Waals surface area (Å²) in [6.45, 7) is 1.59. The van der Waals surface area contributed by atoms with Gasteiger partial charge in [-0.25, -0.2) is 0 Å². The standard InChI is InChI=1S/C2H4O2S.Pb.2H/c1-2(3)4-5-2;;;/h3H,1H3;;;. The van der Waals surface area contributed by atoms with Gasteiger partial charge in [-0.2, -0.15) is 0 Å². The van der Waals surface area contributed by atoms with E-state index in [1.165, 1.54) is 0 Å². The van der Waals surface area contributed by atoms with E-state index in [2.05, 4.69) is 4.18 Å². The predicted molar refractivity (Wildman–Crippen MR) is 27.8 cm³/mol. The van der Waals surface area contributed by atoms with Crippen LogP contribution in [-0.2, 0) is 4.18 Å². The molecular weight excluding hydrogens is 295 g/mol. The van der Waals surface area contributed by atoms with Crippen molar-refractivity contribution in [3.05, 3.63) is 0 Å². The fourth-order valence-corrected chi connectivity index (χ4v) is 0.181.